The molecule has 218 valence electrons. The van der Waals surface area contributed by atoms with Crippen molar-refractivity contribution in [1.82, 2.24) is 9.97 Å². The van der Waals surface area contributed by atoms with Gasteiger partial charge >= 0.3 is 6.09 Å². The van der Waals surface area contributed by atoms with Crippen LogP contribution in [0.4, 0.5) is 28.1 Å². The molecule has 1 aliphatic rings. The van der Waals surface area contributed by atoms with Crippen LogP contribution in [0, 0.1) is 0 Å². The van der Waals surface area contributed by atoms with Gasteiger partial charge in [0, 0.05) is 4.75 Å². The average molecular weight is 561 g/mol. The maximum absolute atomic E-state index is 13.0. The molecular weight excluding hydrogens is 512 g/mol. The van der Waals surface area contributed by atoms with E-state index in [9.17, 15) is 4.79 Å². The summed E-state index contributed by atoms with van der Waals surface area (Å²) in [4.78, 5) is 23.5. The van der Waals surface area contributed by atoms with E-state index in [0.717, 1.165) is 30.4 Å². The first-order chi connectivity index (χ1) is 18.4. The molecule has 2 aromatic rings. The van der Waals surface area contributed by atoms with Gasteiger partial charge < -0.3 is 25.7 Å². The van der Waals surface area contributed by atoms with E-state index in [1.54, 1.807) is 6.92 Å². The van der Waals surface area contributed by atoms with Gasteiger partial charge in [0.05, 0.1) is 25.8 Å². The van der Waals surface area contributed by atoms with E-state index in [-0.39, 0.29) is 41.3 Å². The average Bonchev–Trinajstić information content (AvgIpc) is 2.88. The number of rotatable bonds is 4. The Morgan fingerprint density at radius 1 is 1.15 bits per heavy atom. The number of carbonyl (C=O) groups is 1. The van der Waals surface area contributed by atoms with E-state index >= 15 is 0 Å². The molecule has 39 heavy (non-hydrogen) atoms. The molecule has 1 atom stereocenters. The summed E-state index contributed by atoms with van der Waals surface area (Å²) >= 11 is 0. The molecule has 9 nitrogen and oxygen atoms in total. The van der Waals surface area contributed by atoms with Crippen LogP contribution < -0.4 is 21.7 Å². The summed E-state index contributed by atoms with van der Waals surface area (Å²) in [5.41, 5.74) is 14.7. The second kappa shape index (κ2) is 14.4. The Kier molecular flexibility index (Phi) is 11.9. The van der Waals surface area contributed by atoms with Crippen LogP contribution in [0.25, 0.3) is 0 Å². The van der Waals surface area contributed by atoms with Crippen molar-refractivity contribution < 1.29 is 13.7 Å². The van der Waals surface area contributed by atoms with Crippen LogP contribution in [0.15, 0.2) is 36.4 Å². The number of nitrogens with zero attached hydrogens (tertiary/aromatic N) is 3. The Hall–Kier alpha value is -2.98. The molecule has 5 N–H and O–H groups in total. The highest BCUT2D eigenvalue weighted by molar-refractivity contribution is 8.29. The monoisotopic (exact) mass is 560 g/mol. The highest BCUT2D eigenvalue weighted by Crippen LogP contribution is 2.53. The maximum Gasteiger partial charge on any atom is 0.415 e. The number of amides is 1. The molecule has 0 spiro atoms. The number of nitrogen functional groups attached to an aromatic ring is 2. The lowest BCUT2D eigenvalue weighted by Gasteiger charge is -2.44. The fourth-order valence-corrected chi connectivity index (χ4v) is 4.51. The van der Waals surface area contributed by atoms with Crippen molar-refractivity contribution in [3.63, 3.8) is 0 Å². The Morgan fingerprint density at radius 2 is 1.85 bits per heavy atom. The normalized spacial score (nSPS) is 17.4. The fraction of sp³-hybridized carbons (Fsp3) is 0.552. The number of nitrogens with one attached hydrogen (secondary N) is 1. The van der Waals surface area contributed by atoms with Crippen molar-refractivity contribution in [3.05, 3.63) is 47.5 Å². The lowest BCUT2D eigenvalue weighted by Crippen LogP contribution is -2.34. The molecule has 1 aliphatic heterocycles. The minimum Gasteiger partial charge on any atom is -0.449 e. The van der Waals surface area contributed by atoms with E-state index in [0.29, 0.717) is 12.6 Å². The summed E-state index contributed by atoms with van der Waals surface area (Å²) in [6.45, 7) is 13.3. The molecule has 0 saturated heterocycles. The molecule has 10 heteroatoms. The van der Waals surface area contributed by atoms with Crippen molar-refractivity contribution >= 4 is 39.7 Å². The summed E-state index contributed by atoms with van der Waals surface area (Å²) in [6, 6.07) is 8.02. The zero-order valence-corrected chi connectivity index (χ0v) is 25.7. The Bertz CT molecular complexity index is 1120. The van der Waals surface area contributed by atoms with E-state index in [4.69, 9.17) is 20.4 Å². The van der Waals surface area contributed by atoms with Crippen molar-refractivity contribution in [1.29, 1.82) is 0 Å². The van der Waals surface area contributed by atoms with E-state index in [1.807, 2.05) is 26.0 Å². The van der Waals surface area contributed by atoms with Crippen LogP contribution in [-0.4, -0.2) is 52.6 Å². The number of anilines is 4. The topological polar surface area (TPSA) is 129 Å². The molecule has 1 aromatic carbocycles. The van der Waals surface area contributed by atoms with Crippen molar-refractivity contribution in [2.45, 2.75) is 78.1 Å². The van der Waals surface area contributed by atoms with Crippen LogP contribution in [0.3, 0.4) is 0 Å². The summed E-state index contributed by atoms with van der Waals surface area (Å²) < 4.78 is 11.9. The number of carbonyl (C=O) groups excluding carboxylic acids is 1. The zero-order chi connectivity index (χ0) is 29.2. The van der Waals surface area contributed by atoms with Gasteiger partial charge in [-0.2, -0.15) is 9.97 Å². The smallest absolute Gasteiger partial charge is 0.415 e. The number of nitrogens with two attached hydrogens (primary N) is 2. The van der Waals surface area contributed by atoms with Crippen LogP contribution >= 0.6 is 10.3 Å². The summed E-state index contributed by atoms with van der Waals surface area (Å²) in [7, 11) is -1.32. The third-order valence-electron chi connectivity index (χ3n) is 6.60. The van der Waals surface area contributed by atoms with E-state index < -0.39 is 16.4 Å². The number of fused-ring (bicyclic) bond motifs is 4. The van der Waals surface area contributed by atoms with Crippen LogP contribution in [0.5, 0.6) is 0 Å². The second-order valence-electron chi connectivity index (χ2n) is 10.5. The summed E-state index contributed by atoms with van der Waals surface area (Å²) in [6.07, 6.45) is 10.6. The fourth-order valence-electron chi connectivity index (χ4n) is 3.65. The molecule has 2 heterocycles. The van der Waals surface area contributed by atoms with Crippen molar-refractivity contribution in [2.75, 3.05) is 47.4 Å². The van der Waals surface area contributed by atoms with Crippen LogP contribution in [0.1, 0.15) is 65.5 Å². The molecule has 0 radical (unpaired) electrons. The third-order valence-corrected chi connectivity index (χ3v) is 10.3. The molecule has 0 fully saturated rings. The third kappa shape index (κ3) is 9.03. The van der Waals surface area contributed by atoms with Gasteiger partial charge in [0.1, 0.15) is 5.69 Å². The highest BCUT2D eigenvalue weighted by atomic mass is 32.3. The van der Waals surface area contributed by atoms with Gasteiger partial charge in [-0.25, -0.2) is 4.79 Å². The largest absolute Gasteiger partial charge is 0.449 e. The Morgan fingerprint density at radius 3 is 2.51 bits per heavy atom. The lowest BCUT2D eigenvalue weighted by molar-refractivity contribution is 0.159. The van der Waals surface area contributed by atoms with Gasteiger partial charge in [0.15, 0.2) is 11.6 Å². The first-order valence-electron chi connectivity index (χ1n) is 13.6. The molecular formula is C29H48N6O3S. The van der Waals surface area contributed by atoms with Gasteiger partial charge in [-0.15, -0.1) is 10.3 Å². The zero-order valence-electron chi connectivity index (χ0n) is 24.9. The van der Waals surface area contributed by atoms with Gasteiger partial charge in [-0.05, 0) is 49.8 Å². The van der Waals surface area contributed by atoms with Gasteiger partial charge in [-0.1, -0.05) is 71.0 Å². The van der Waals surface area contributed by atoms with E-state index in [2.05, 4.69) is 72.9 Å². The quantitative estimate of drug-likeness (QED) is 0.372. The van der Waals surface area contributed by atoms with E-state index in [1.165, 1.54) is 4.90 Å². The Labute approximate surface area is 236 Å². The number of allylic oxidation sites excluding steroid dienone is 2. The first kappa shape index (κ1) is 32.2. The van der Waals surface area contributed by atoms with Crippen molar-refractivity contribution in [2.24, 2.45) is 0 Å². The first-order valence-corrected chi connectivity index (χ1v) is 16.0. The number of hydrogen-bond acceptors (Lipinski definition) is 8. The van der Waals surface area contributed by atoms with Crippen molar-refractivity contribution in [3.8, 4) is 0 Å². The summed E-state index contributed by atoms with van der Waals surface area (Å²) in [5.74, 6) is 0.605. The minimum absolute atomic E-state index is 0.0376. The predicted octanol–water partition coefficient (Wildman–Crippen LogP) is 6.30. The molecule has 3 rings (SSSR count). The SMILES string of the molecule is CC.CCOC(=O)N1Cc2cccc(c2)C/C=C/CCC(COS(C)(C)C(C)(C)C)Nc2nc(N)c(N)c1n2. The number of aromatic nitrogens is 2. The molecule has 1 amide bonds. The number of benzene rings is 1. The highest BCUT2D eigenvalue weighted by Gasteiger charge is 2.30. The van der Waals surface area contributed by atoms with Gasteiger partial charge in [0.2, 0.25) is 5.95 Å². The van der Waals surface area contributed by atoms with Crippen LogP contribution in [-0.2, 0) is 21.9 Å². The van der Waals surface area contributed by atoms with Gasteiger partial charge in [-0.3, -0.25) is 4.90 Å². The number of hydrogen-bond donors (Lipinski definition) is 3. The number of ether oxygens (including phenoxy) is 1. The molecule has 1 unspecified atom stereocenters. The maximum atomic E-state index is 13.0. The van der Waals surface area contributed by atoms with Gasteiger partial charge in [0.25, 0.3) is 0 Å². The minimum atomic E-state index is -1.32. The molecule has 1 aromatic heterocycles. The van der Waals surface area contributed by atoms with Crippen LogP contribution in [0.2, 0.25) is 0 Å². The molecule has 0 saturated carbocycles. The summed E-state index contributed by atoms with van der Waals surface area (Å²) in [5, 5.41) is 3.40. The standard InChI is InChI=1S/C27H42N6O3S.C2H6/c1-7-35-26(34)33-17-20-14-11-13-19(16-20)12-9-8-10-15-21(18-36-37(5,6)27(2,3)4)30-25-31-23(29)22(28)24(33)32-25;1-2/h8-9,11,13-14,16,21H,7,10,12,15,17-18,28H2,1-6H3,(H3,29,30,31,32);1-2H3/b9-8+;. The second-order valence-corrected chi connectivity index (χ2v) is 14.4. The lowest BCUT2D eigenvalue weighted by atomic mass is 10.1. The molecule has 4 bridgehead atoms. The molecule has 0 aliphatic carbocycles. The predicted molar refractivity (Wildman–Crippen MR) is 166 cm³/mol. The Balaban J connectivity index is 0.00000260.